The number of likely N-dealkylation sites (N-methyl/N-ethyl adjacent to an activating group) is 1. The molecule has 1 heterocycles. The minimum atomic E-state index is -3.55. The van der Waals surface area contributed by atoms with Gasteiger partial charge in [0.25, 0.3) is 0 Å². The van der Waals surface area contributed by atoms with Gasteiger partial charge >= 0.3 is 5.97 Å². The second-order valence-corrected chi connectivity index (χ2v) is 9.06. The summed E-state index contributed by atoms with van der Waals surface area (Å²) in [6.07, 6.45) is 1.31. The first-order valence-corrected chi connectivity index (χ1v) is 10.6. The Morgan fingerprint density at radius 3 is 2.08 bits per heavy atom. The quantitative estimate of drug-likeness (QED) is 0.818. The zero-order valence-electron chi connectivity index (χ0n) is 16.4. The highest BCUT2D eigenvalue weighted by atomic mass is 32.2. The van der Waals surface area contributed by atoms with E-state index < -0.39 is 16.0 Å². The van der Waals surface area contributed by atoms with E-state index in [2.05, 4.69) is 0 Å². The van der Waals surface area contributed by atoms with Crippen molar-refractivity contribution >= 4 is 16.0 Å². The van der Waals surface area contributed by atoms with Crippen LogP contribution in [0.25, 0.3) is 0 Å². The summed E-state index contributed by atoms with van der Waals surface area (Å²) in [5.74, 6) is -0.844. The van der Waals surface area contributed by atoms with Crippen molar-refractivity contribution in [1.29, 1.82) is 0 Å². The summed E-state index contributed by atoms with van der Waals surface area (Å²) in [6, 6.07) is 2.14. The number of carboxylic acid groups (broad SMARTS) is 1. The second-order valence-electron chi connectivity index (χ2n) is 7.18. The van der Waals surface area contributed by atoms with Gasteiger partial charge < -0.3 is 5.11 Å². The summed E-state index contributed by atoms with van der Waals surface area (Å²) in [5, 5.41) is 9.04. The number of carbonyl (C=O) groups is 1. The van der Waals surface area contributed by atoms with Crippen LogP contribution in [-0.4, -0.2) is 60.9 Å². The first kappa shape index (κ1) is 20.9. The monoisotopic (exact) mass is 382 g/mol. The molecule has 1 saturated heterocycles. The van der Waals surface area contributed by atoms with E-state index in [-0.39, 0.29) is 12.6 Å². The van der Waals surface area contributed by atoms with E-state index >= 15 is 0 Å². The molecule has 1 N–H and O–H groups in total. The van der Waals surface area contributed by atoms with Crippen LogP contribution in [0.2, 0.25) is 0 Å². The summed E-state index contributed by atoms with van der Waals surface area (Å²) in [4.78, 5) is 13.4. The minimum absolute atomic E-state index is 0.00318. The van der Waals surface area contributed by atoms with Crippen LogP contribution in [0.15, 0.2) is 11.0 Å². The number of aryl methyl sites for hydroxylation is 2. The van der Waals surface area contributed by atoms with Crippen LogP contribution >= 0.6 is 0 Å². The fourth-order valence-electron chi connectivity index (χ4n) is 3.82. The van der Waals surface area contributed by atoms with Gasteiger partial charge in [-0.15, -0.1) is 0 Å². The third kappa shape index (κ3) is 4.10. The molecule has 26 heavy (non-hydrogen) atoms. The Morgan fingerprint density at radius 2 is 1.65 bits per heavy atom. The van der Waals surface area contributed by atoms with Crippen molar-refractivity contribution in [2.75, 3.05) is 26.2 Å². The molecule has 2 rings (SSSR count). The Labute approximate surface area is 156 Å². The Morgan fingerprint density at radius 1 is 1.15 bits per heavy atom. The molecule has 0 aliphatic carbocycles. The molecule has 1 fully saturated rings. The Bertz CT molecular complexity index is 755. The number of hydrogen-bond donors (Lipinski definition) is 1. The van der Waals surface area contributed by atoms with E-state index in [1.165, 1.54) is 0 Å². The Kier molecular flexibility index (Phi) is 6.47. The lowest BCUT2D eigenvalue weighted by molar-refractivity contribution is -0.139. The molecule has 1 aromatic rings. The molecule has 7 heteroatoms. The SMILES string of the molecule is CCN(CC(=O)O)C1CCN(S(=O)(=O)c2c(C)c(C)cc(C)c2C)CC1. The third-order valence-electron chi connectivity index (χ3n) is 5.58. The first-order valence-electron chi connectivity index (χ1n) is 9.13. The van der Waals surface area contributed by atoms with Crippen LogP contribution < -0.4 is 0 Å². The summed E-state index contributed by atoms with van der Waals surface area (Å²) >= 11 is 0. The summed E-state index contributed by atoms with van der Waals surface area (Å²) in [6.45, 7) is 11.1. The summed E-state index contributed by atoms with van der Waals surface area (Å²) in [5.41, 5.74) is 3.60. The van der Waals surface area contributed by atoms with Crippen LogP contribution in [-0.2, 0) is 14.8 Å². The van der Waals surface area contributed by atoms with Gasteiger partial charge in [0.15, 0.2) is 0 Å². The maximum Gasteiger partial charge on any atom is 0.317 e. The molecule has 1 aliphatic heterocycles. The molecule has 0 spiro atoms. The molecule has 0 unspecified atom stereocenters. The molecule has 1 aliphatic rings. The standard InChI is InChI=1S/C19H30N2O4S/c1-6-20(12-18(22)23)17-7-9-21(10-8-17)26(24,25)19-15(4)13(2)11-14(3)16(19)5/h11,17H,6-10,12H2,1-5H3,(H,22,23). The number of sulfonamides is 1. The van der Waals surface area contributed by atoms with Crippen molar-refractivity contribution in [3.05, 3.63) is 28.3 Å². The van der Waals surface area contributed by atoms with E-state index in [1.807, 2.05) is 45.6 Å². The topological polar surface area (TPSA) is 77.9 Å². The number of nitrogens with zero attached hydrogens (tertiary/aromatic N) is 2. The summed E-state index contributed by atoms with van der Waals surface area (Å²) in [7, 11) is -3.55. The number of aliphatic carboxylic acids is 1. The molecule has 0 bridgehead atoms. The Hall–Kier alpha value is -1.44. The lowest BCUT2D eigenvalue weighted by atomic mass is 10.0. The second kappa shape index (κ2) is 8.06. The van der Waals surface area contributed by atoms with Gasteiger partial charge in [0.2, 0.25) is 10.0 Å². The molecule has 6 nitrogen and oxygen atoms in total. The zero-order valence-corrected chi connectivity index (χ0v) is 17.2. The number of hydrogen-bond acceptors (Lipinski definition) is 4. The molecular formula is C19H30N2O4S. The van der Waals surface area contributed by atoms with Crippen LogP contribution in [0, 0.1) is 27.7 Å². The predicted octanol–water partition coefficient (Wildman–Crippen LogP) is 2.48. The van der Waals surface area contributed by atoms with Crippen molar-refractivity contribution in [1.82, 2.24) is 9.21 Å². The van der Waals surface area contributed by atoms with Crippen LogP contribution in [0.3, 0.4) is 0 Å². The predicted molar refractivity (Wildman–Crippen MR) is 102 cm³/mol. The van der Waals surface area contributed by atoms with E-state index in [1.54, 1.807) is 4.31 Å². The van der Waals surface area contributed by atoms with E-state index in [0.29, 0.717) is 37.4 Å². The lowest BCUT2D eigenvalue weighted by Gasteiger charge is -2.37. The van der Waals surface area contributed by atoms with E-state index in [4.69, 9.17) is 5.11 Å². The van der Waals surface area contributed by atoms with Crippen molar-refractivity contribution < 1.29 is 18.3 Å². The highest BCUT2D eigenvalue weighted by Crippen LogP contribution is 2.30. The van der Waals surface area contributed by atoms with Gasteiger partial charge in [0.1, 0.15) is 0 Å². The zero-order chi connectivity index (χ0) is 19.6. The van der Waals surface area contributed by atoms with E-state index in [0.717, 1.165) is 22.3 Å². The molecule has 1 aromatic carbocycles. The molecule has 0 saturated carbocycles. The minimum Gasteiger partial charge on any atom is -0.480 e. The smallest absolute Gasteiger partial charge is 0.317 e. The molecule has 0 radical (unpaired) electrons. The highest BCUT2D eigenvalue weighted by molar-refractivity contribution is 7.89. The van der Waals surface area contributed by atoms with Crippen LogP contribution in [0.1, 0.15) is 42.0 Å². The van der Waals surface area contributed by atoms with Gasteiger partial charge in [-0.2, -0.15) is 4.31 Å². The molecule has 0 amide bonds. The largest absolute Gasteiger partial charge is 0.480 e. The number of carboxylic acids is 1. The fraction of sp³-hybridized carbons (Fsp3) is 0.632. The molecular weight excluding hydrogens is 352 g/mol. The van der Waals surface area contributed by atoms with Crippen LogP contribution in [0.4, 0.5) is 0 Å². The van der Waals surface area contributed by atoms with Crippen molar-refractivity contribution in [3.63, 3.8) is 0 Å². The van der Waals surface area contributed by atoms with Crippen molar-refractivity contribution in [2.45, 2.75) is 58.4 Å². The highest BCUT2D eigenvalue weighted by Gasteiger charge is 2.34. The maximum absolute atomic E-state index is 13.3. The number of rotatable bonds is 6. The lowest BCUT2D eigenvalue weighted by Crippen LogP contribution is -2.48. The van der Waals surface area contributed by atoms with Gasteiger partial charge in [-0.05, 0) is 69.3 Å². The first-order chi connectivity index (χ1) is 12.1. The van der Waals surface area contributed by atoms with E-state index in [9.17, 15) is 13.2 Å². The molecule has 0 aromatic heterocycles. The number of benzene rings is 1. The normalized spacial score (nSPS) is 17.0. The average Bonchev–Trinajstić information content (AvgIpc) is 2.58. The van der Waals surface area contributed by atoms with Crippen molar-refractivity contribution in [2.24, 2.45) is 0 Å². The molecule has 146 valence electrons. The van der Waals surface area contributed by atoms with Gasteiger partial charge in [-0.1, -0.05) is 13.0 Å². The van der Waals surface area contributed by atoms with Gasteiger partial charge in [0.05, 0.1) is 11.4 Å². The number of piperidine rings is 1. The average molecular weight is 383 g/mol. The Balaban J connectivity index is 2.23. The van der Waals surface area contributed by atoms with Gasteiger partial charge in [-0.25, -0.2) is 8.42 Å². The summed E-state index contributed by atoms with van der Waals surface area (Å²) < 4.78 is 28.1. The van der Waals surface area contributed by atoms with Gasteiger partial charge in [-0.3, -0.25) is 9.69 Å². The van der Waals surface area contributed by atoms with Crippen molar-refractivity contribution in [3.8, 4) is 0 Å². The molecule has 0 atom stereocenters. The maximum atomic E-state index is 13.3. The third-order valence-corrected chi connectivity index (χ3v) is 7.75. The van der Waals surface area contributed by atoms with Crippen LogP contribution in [0.5, 0.6) is 0 Å². The fourth-order valence-corrected chi connectivity index (χ4v) is 5.86. The van der Waals surface area contributed by atoms with Gasteiger partial charge in [0, 0.05) is 19.1 Å².